The summed E-state index contributed by atoms with van der Waals surface area (Å²) in [5, 5.41) is 14.8. The third-order valence-electron chi connectivity index (χ3n) is 5.68. The molecule has 0 atom stereocenters. The summed E-state index contributed by atoms with van der Waals surface area (Å²) in [6.07, 6.45) is 9.09. The Morgan fingerprint density at radius 2 is 2.11 bits per heavy atom. The summed E-state index contributed by atoms with van der Waals surface area (Å²) >= 11 is 3.15. The van der Waals surface area contributed by atoms with E-state index in [0.29, 0.717) is 11.6 Å². The van der Waals surface area contributed by atoms with E-state index < -0.39 is 11.7 Å². The number of fused-ring (bicyclic) bond motifs is 1. The highest BCUT2D eigenvalue weighted by molar-refractivity contribution is 9.10. The number of aromatic nitrogens is 6. The highest BCUT2D eigenvalue weighted by Crippen LogP contribution is 2.39. The maximum Gasteiger partial charge on any atom is 0.268 e. The zero-order valence-electron chi connectivity index (χ0n) is 18.5. The molecule has 0 radical (unpaired) electrons. The average Bonchev–Trinajstić information content (AvgIpc) is 3.39. The van der Waals surface area contributed by atoms with Crippen molar-refractivity contribution in [2.24, 2.45) is 11.6 Å². The monoisotopic (exact) mass is 540 g/mol. The molecule has 5 N–H and O–H groups in total. The van der Waals surface area contributed by atoms with Gasteiger partial charge in [-0.1, -0.05) is 6.07 Å². The Kier molecular flexibility index (Phi) is 6.17. The van der Waals surface area contributed by atoms with Crippen LogP contribution in [0.4, 0.5) is 4.39 Å². The molecule has 11 nitrogen and oxygen atoms in total. The summed E-state index contributed by atoms with van der Waals surface area (Å²) in [5.74, 6) is 5.55. The van der Waals surface area contributed by atoms with Crippen LogP contribution in [0.3, 0.4) is 0 Å². The minimum atomic E-state index is -0.605. The van der Waals surface area contributed by atoms with E-state index in [1.807, 2.05) is 16.7 Å². The quantitative estimate of drug-likeness (QED) is 0.174. The first kappa shape index (κ1) is 22.9. The first-order valence-corrected chi connectivity index (χ1v) is 11.6. The Morgan fingerprint density at radius 3 is 2.86 bits per heavy atom. The molecule has 4 aromatic rings. The molecule has 1 aliphatic rings. The first-order valence-electron chi connectivity index (χ1n) is 10.8. The van der Waals surface area contributed by atoms with Crippen molar-refractivity contribution in [1.82, 2.24) is 39.9 Å². The van der Waals surface area contributed by atoms with Crippen LogP contribution >= 0.6 is 15.9 Å². The van der Waals surface area contributed by atoms with E-state index in [1.54, 1.807) is 6.07 Å². The van der Waals surface area contributed by atoms with Gasteiger partial charge in [-0.15, -0.1) is 5.10 Å². The number of nitrogens with zero attached hydrogens (tertiary/aromatic N) is 7. The molecule has 3 heterocycles. The van der Waals surface area contributed by atoms with Gasteiger partial charge in [0.2, 0.25) is 0 Å². The van der Waals surface area contributed by atoms with E-state index in [4.69, 9.17) is 11.6 Å². The van der Waals surface area contributed by atoms with Gasteiger partial charge in [0.1, 0.15) is 23.5 Å². The molecule has 13 heteroatoms. The Bertz CT molecular complexity index is 1410. The summed E-state index contributed by atoms with van der Waals surface area (Å²) in [6.45, 7) is 0.103. The highest BCUT2D eigenvalue weighted by atomic mass is 79.9. The Morgan fingerprint density at radius 1 is 1.29 bits per heavy atom. The van der Waals surface area contributed by atoms with Crippen molar-refractivity contribution < 1.29 is 9.18 Å². The third-order valence-corrected chi connectivity index (χ3v) is 6.29. The largest absolute Gasteiger partial charge is 0.393 e. The van der Waals surface area contributed by atoms with Gasteiger partial charge in [-0.2, -0.15) is 0 Å². The van der Waals surface area contributed by atoms with E-state index >= 15 is 0 Å². The summed E-state index contributed by atoms with van der Waals surface area (Å²) in [5.41, 5.74) is 9.23. The number of tetrazole rings is 1. The number of carbonyl (C=O) groups excluding carboxylic acids is 1. The zero-order valence-corrected chi connectivity index (χ0v) is 20.1. The van der Waals surface area contributed by atoms with Crippen molar-refractivity contribution in [3.05, 3.63) is 82.0 Å². The van der Waals surface area contributed by atoms with Gasteiger partial charge in [-0.05, 0) is 68.9 Å². The van der Waals surface area contributed by atoms with Crippen LogP contribution in [0.15, 0.2) is 59.4 Å². The standard InChI is InChI=1S/C22H22BrFN10O/c23-17-4-5-19(34-12-28-30-31-34)16(21(17)24)7-27-22(35)18(25)11-33(26)10-15-9-32-8-14(13-1-2-13)3-6-20(32)29-15/h3-6,8-9,11-13H,1-2,7,10,25-26H2,(H,27,35)/b18-11-. The van der Waals surface area contributed by atoms with Crippen LogP contribution in [-0.2, 0) is 17.9 Å². The van der Waals surface area contributed by atoms with Gasteiger partial charge in [0.05, 0.1) is 22.4 Å². The normalized spacial score (nSPS) is 13.9. The molecular weight excluding hydrogens is 519 g/mol. The van der Waals surface area contributed by atoms with Crippen molar-refractivity contribution in [2.45, 2.75) is 31.8 Å². The predicted octanol–water partition coefficient (Wildman–Crippen LogP) is 1.88. The molecule has 0 saturated heterocycles. The molecule has 1 amide bonds. The lowest BCUT2D eigenvalue weighted by molar-refractivity contribution is -0.117. The molecule has 0 bridgehead atoms. The van der Waals surface area contributed by atoms with Crippen molar-refractivity contribution >= 4 is 27.5 Å². The minimum Gasteiger partial charge on any atom is -0.393 e. The fourth-order valence-electron chi connectivity index (χ4n) is 3.77. The topological polar surface area (TPSA) is 145 Å². The van der Waals surface area contributed by atoms with Crippen LogP contribution in [0.5, 0.6) is 0 Å². The SMILES string of the molecule is N/C(=C\N(N)Cc1cn2cc(C3CC3)ccc2n1)C(=O)NCc1c(-n2cnnn2)ccc(Br)c1F. The Labute approximate surface area is 207 Å². The third kappa shape index (κ3) is 5.00. The molecule has 5 rings (SSSR count). The highest BCUT2D eigenvalue weighted by Gasteiger charge is 2.24. The van der Waals surface area contributed by atoms with Gasteiger partial charge >= 0.3 is 0 Å². The number of nitrogens with one attached hydrogen (secondary N) is 1. The number of pyridine rings is 1. The molecule has 1 fully saturated rings. The van der Waals surface area contributed by atoms with Crippen LogP contribution in [-0.4, -0.2) is 40.5 Å². The molecule has 0 unspecified atom stereocenters. The molecule has 180 valence electrons. The number of halogens is 2. The Balaban J connectivity index is 1.24. The molecule has 0 spiro atoms. The maximum atomic E-state index is 14.8. The predicted molar refractivity (Wildman–Crippen MR) is 128 cm³/mol. The Hall–Kier alpha value is -3.84. The van der Waals surface area contributed by atoms with Gasteiger partial charge in [0.15, 0.2) is 0 Å². The molecule has 35 heavy (non-hydrogen) atoms. The van der Waals surface area contributed by atoms with Crippen LogP contribution in [0, 0.1) is 5.82 Å². The average molecular weight is 541 g/mol. The van der Waals surface area contributed by atoms with Crippen molar-refractivity contribution in [2.75, 3.05) is 0 Å². The number of hydrogen-bond acceptors (Lipinski definition) is 8. The van der Waals surface area contributed by atoms with Crippen LogP contribution < -0.4 is 16.9 Å². The summed E-state index contributed by atoms with van der Waals surface area (Å²) < 4.78 is 18.3. The molecule has 1 aromatic carbocycles. The second-order valence-electron chi connectivity index (χ2n) is 8.29. The van der Waals surface area contributed by atoms with Crippen LogP contribution in [0.25, 0.3) is 11.3 Å². The zero-order chi connectivity index (χ0) is 24.5. The molecule has 0 aliphatic heterocycles. The summed E-state index contributed by atoms with van der Waals surface area (Å²) in [6, 6.07) is 7.25. The lowest BCUT2D eigenvalue weighted by Gasteiger charge is -2.15. The fourth-order valence-corrected chi connectivity index (χ4v) is 4.14. The number of rotatable bonds is 8. The van der Waals surface area contributed by atoms with Gasteiger partial charge < -0.3 is 20.5 Å². The maximum absolute atomic E-state index is 14.8. The number of benzene rings is 1. The van der Waals surface area contributed by atoms with E-state index in [0.717, 1.165) is 11.3 Å². The lowest BCUT2D eigenvalue weighted by Crippen LogP contribution is -2.33. The number of carbonyl (C=O) groups is 1. The first-order chi connectivity index (χ1) is 16.9. The number of hydrogen-bond donors (Lipinski definition) is 3. The van der Waals surface area contributed by atoms with E-state index in [9.17, 15) is 9.18 Å². The summed E-state index contributed by atoms with van der Waals surface area (Å²) in [4.78, 5) is 17.1. The van der Waals surface area contributed by atoms with E-state index in [1.165, 1.54) is 46.7 Å². The van der Waals surface area contributed by atoms with Crippen molar-refractivity contribution in [3.63, 3.8) is 0 Å². The number of amides is 1. The van der Waals surface area contributed by atoms with Crippen molar-refractivity contribution in [1.29, 1.82) is 0 Å². The van der Waals surface area contributed by atoms with Gasteiger partial charge in [0, 0.05) is 30.7 Å². The lowest BCUT2D eigenvalue weighted by atomic mass is 10.1. The fraction of sp³-hybridized carbons (Fsp3) is 0.227. The number of imidazole rings is 1. The second-order valence-corrected chi connectivity index (χ2v) is 9.14. The van der Waals surface area contributed by atoms with Gasteiger partial charge in [-0.25, -0.2) is 19.9 Å². The number of hydrazine groups is 1. The smallest absolute Gasteiger partial charge is 0.268 e. The molecule has 1 aliphatic carbocycles. The van der Waals surface area contributed by atoms with E-state index in [-0.39, 0.29) is 28.8 Å². The minimum absolute atomic E-state index is 0.133. The molecule has 3 aromatic heterocycles. The molecule has 1 saturated carbocycles. The second kappa shape index (κ2) is 9.43. The van der Waals surface area contributed by atoms with Gasteiger partial charge in [-0.3, -0.25) is 4.79 Å². The van der Waals surface area contributed by atoms with Gasteiger partial charge in [0.25, 0.3) is 5.91 Å². The van der Waals surface area contributed by atoms with E-state index in [2.05, 4.69) is 54.0 Å². The summed E-state index contributed by atoms with van der Waals surface area (Å²) in [7, 11) is 0. The van der Waals surface area contributed by atoms with Crippen LogP contribution in [0.1, 0.15) is 35.6 Å². The van der Waals surface area contributed by atoms with Crippen molar-refractivity contribution in [3.8, 4) is 5.69 Å². The molecular formula is C22H22BrFN10O. The number of nitrogens with two attached hydrogens (primary N) is 2. The van der Waals surface area contributed by atoms with Crippen LogP contribution in [0.2, 0.25) is 0 Å².